The molecular weight excluding hydrogens is 184 g/mol. The molecule has 0 N–H and O–H groups in total. The highest BCUT2D eigenvalue weighted by molar-refractivity contribution is 5.01. The summed E-state index contributed by atoms with van der Waals surface area (Å²) in [5.74, 6) is 3.29. The Labute approximate surface area is 93.6 Å². The van der Waals surface area contributed by atoms with Crippen LogP contribution in [0.1, 0.15) is 51.9 Å². The van der Waals surface area contributed by atoms with Crippen molar-refractivity contribution in [1.82, 2.24) is 0 Å². The second-order valence-electron chi connectivity index (χ2n) is 6.36. The molecule has 0 aromatic carbocycles. The highest BCUT2D eigenvalue weighted by atomic mass is 16.5. The van der Waals surface area contributed by atoms with Gasteiger partial charge >= 0.3 is 0 Å². The maximum atomic E-state index is 5.57. The van der Waals surface area contributed by atoms with Crippen molar-refractivity contribution in [2.75, 3.05) is 13.2 Å². The van der Waals surface area contributed by atoms with E-state index < -0.39 is 0 Å². The van der Waals surface area contributed by atoms with Gasteiger partial charge in [-0.25, -0.2) is 0 Å². The van der Waals surface area contributed by atoms with E-state index in [2.05, 4.69) is 6.92 Å². The zero-order valence-electron chi connectivity index (χ0n) is 10.0. The molecule has 0 unspecified atom stereocenters. The molecule has 1 heteroatoms. The molecule has 0 aliphatic heterocycles. The highest BCUT2D eigenvalue weighted by Gasteiger charge is 2.50. The van der Waals surface area contributed by atoms with Gasteiger partial charge in [0.25, 0.3) is 0 Å². The third-order valence-electron chi connectivity index (χ3n) is 5.15. The van der Waals surface area contributed by atoms with Gasteiger partial charge in [0.05, 0.1) is 0 Å². The first-order valence-corrected chi connectivity index (χ1v) is 6.87. The van der Waals surface area contributed by atoms with Crippen molar-refractivity contribution in [3.8, 4) is 0 Å². The average molecular weight is 208 g/mol. The molecule has 15 heavy (non-hydrogen) atoms. The Morgan fingerprint density at radius 2 is 1.53 bits per heavy atom. The van der Waals surface area contributed by atoms with Crippen LogP contribution < -0.4 is 0 Å². The molecule has 0 aromatic heterocycles. The van der Waals surface area contributed by atoms with Crippen LogP contribution in [0, 0.1) is 23.2 Å². The first-order chi connectivity index (χ1) is 7.30. The Balaban J connectivity index is 1.65. The lowest BCUT2D eigenvalue weighted by Gasteiger charge is -2.57. The van der Waals surface area contributed by atoms with Crippen LogP contribution in [0.25, 0.3) is 0 Å². The van der Waals surface area contributed by atoms with Crippen molar-refractivity contribution in [2.45, 2.75) is 51.9 Å². The van der Waals surface area contributed by atoms with Crippen molar-refractivity contribution < 1.29 is 4.74 Å². The van der Waals surface area contributed by atoms with Gasteiger partial charge in [-0.1, -0.05) is 0 Å². The number of hydrogen-bond acceptors (Lipinski definition) is 1. The molecule has 0 radical (unpaired) electrons. The van der Waals surface area contributed by atoms with Crippen LogP contribution >= 0.6 is 0 Å². The van der Waals surface area contributed by atoms with E-state index in [1.165, 1.54) is 25.7 Å². The van der Waals surface area contributed by atoms with E-state index in [1.54, 1.807) is 19.3 Å². The van der Waals surface area contributed by atoms with E-state index in [1.807, 2.05) is 0 Å². The van der Waals surface area contributed by atoms with Crippen LogP contribution in [0.3, 0.4) is 0 Å². The molecule has 4 fully saturated rings. The van der Waals surface area contributed by atoms with Crippen LogP contribution in [-0.4, -0.2) is 13.2 Å². The quantitative estimate of drug-likeness (QED) is 0.641. The fourth-order valence-electron chi connectivity index (χ4n) is 5.03. The van der Waals surface area contributed by atoms with Gasteiger partial charge in [0.15, 0.2) is 0 Å². The topological polar surface area (TPSA) is 9.23 Å². The maximum absolute atomic E-state index is 5.57. The first-order valence-electron chi connectivity index (χ1n) is 6.87. The molecule has 0 heterocycles. The molecule has 0 amide bonds. The molecule has 4 saturated carbocycles. The summed E-state index contributed by atoms with van der Waals surface area (Å²) in [7, 11) is 0. The van der Waals surface area contributed by atoms with Gasteiger partial charge in [0, 0.05) is 13.2 Å². The summed E-state index contributed by atoms with van der Waals surface area (Å²) >= 11 is 0. The van der Waals surface area contributed by atoms with Crippen molar-refractivity contribution in [2.24, 2.45) is 23.2 Å². The Morgan fingerprint density at radius 3 is 2.00 bits per heavy atom. The summed E-state index contributed by atoms with van der Waals surface area (Å²) in [6.45, 7) is 4.02. The number of ether oxygens (including phenoxy) is 1. The van der Waals surface area contributed by atoms with E-state index in [0.717, 1.165) is 36.4 Å². The zero-order chi connectivity index (χ0) is 10.3. The fourth-order valence-corrected chi connectivity index (χ4v) is 5.03. The van der Waals surface area contributed by atoms with Crippen molar-refractivity contribution in [1.29, 1.82) is 0 Å². The molecule has 1 nitrogen and oxygen atoms in total. The van der Waals surface area contributed by atoms with E-state index in [9.17, 15) is 0 Å². The molecule has 4 aliphatic carbocycles. The monoisotopic (exact) mass is 208 g/mol. The standard InChI is InChI=1S/C14H24O/c1-2-15-4-3-14-8-11-5-12(9-14)7-13(6-11)10-14/h11-13H,2-10H2,1H3. The molecule has 0 atom stereocenters. The third-order valence-corrected chi connectivity index (χ3v) is 5.15. The summed E-state index contributed by atoms with van der Waals surface area (Å²) in [6.07, 6.45) is 10.6. The molecule has 0 spiro atoms. The predicted octanol–water partition coefficient (Wildman–Crippen LogP) is 3.63. The Bertz CT molecular complexity index is 198. The second kappa shape index (κ2) is 3.76. The highest BCUT2D eigenvalue weighted by Crippen LogP contribution is 2.61. The smallest absolute Gasteiger partial charge is 0.0471 e. The summed E-state index contributed by atoms with van der Waals surface area (Å²) in [5, 5.41) is 0. The molecular formula is C14H24O. The van der Waals surface area contributed by atoms with Crippen LogP contribution in [-0.2, 0) is 4.74 Å². The molecule has 4 rings (SSSR count). The van der Waals surface area contributed by atoms with Crippen molar-refractivity contribution in [3.63, 3.8) is 0 Å². The Kier molecular flexibility index (Phi) is 2.54. The Hall–Kier alpha value is -0.0400. The van der Waals surface area contributed by atoms with Gasteiger partial charge in [0.1, 0.15) is 0 Å². The number of hydrogen-bond donors (Lipinski definition) is 0. The minimum Gasteiger partial charge on any atom is -0.382 e. The molecule has 0 saturated heterocycles. The normalized spacial score (nSPS) is 47.4. The Morgan fingerprint density at radius 1 is 1.00 bits per heavy atom. The SMILES string of the molecule is CCOCCC12CC3CC(CC(C3)C1)C2. The van der Waals surface area contributed by atoms with E-state index in [0.29, 0.717) is 0 Å². The predicted molar refractivity (Wildman–Crippen MR) is 61.7 cm³/mol. The van der Waals surface area contributed by atoms with Crippen LogP contribution in [0.2, 0.25) is 0 Å². The van der Waals surface area contributed by atoms with Gasteiger partial charge in [-0.3, -0.25) is 0 Å². The molecule has 0 aromatic rings. The van der Waals surface area contributed by atoms with Crippen molar-refractivity contribution in [3.05, 3.63) is 0 Å². The van der Waals surface area contributed by atoms with Crippen LogP contribution in [0.15, 0.2) is 0 Å². The molecule has 86 valence electrons. The van der Waals surface area contributed by atoms with E-state index in [4.69, 9.17) is 4.74 Å². The minimum absolute atomic E-state index is 0.726. The van der Waals surface area contributed by atoms with Crippen LogP contribution in [0.4, 0.5) is 0 Å². The van der Waals surface area contributed by atoms with E-state index in [-0.39, 0.29) is 0 Å². The third kappa shape index (κ3) is 1.84. The fraction of sp³-hybridized carbons (Fsp3) is 1.00. The van der Waals surface area contributed by atoms with E-state index >= 15 is 0 Å². The van der Waals surface area contributed by atoms with Gasteiger partial charge in [-0.15, -0.1) is 0 Å². The summed E-state index contributed by atoms with van der Waals surface area (Å²) in [4.78, 5) is 0. The summed E-state index contributed by atoms with van der Waals surface area (Å²) in [6, 6.07) is 0. The minimum atomic E-state index is 0.726. The lowest BCUT2D eigenvalue weighted by Crippen LogP contribution is -2.46. The van der Waals surface area contributed by atoms with Gasteiger partial charge in [-0.2, -0.15) is 0 Å². The maximum Gasteiger partial charge on any atom is 0.0471 e. The van der Waals surface area contributed by atoms with Gasteiger partial charge < -0.3 is 4.74 Å². The summed E-state index contributed by atoms with van der Waals surface area (Å²) < 4.78 is 5.57. The van der Waals surface area contributed by atoms with Gasteiger partial charge in [-0.05, 0) is 75.0 Å². The second-order valence-corrected chi connectivity index (χ2v) is 6.36. The zero-order valence-corrected chi connectivity index (χ0v) is 10.0. The largest absolute Gasteiger partial charge is 0.382 e. The van der Waals surface area contributed by atoms with Gasteiger partial charge in [0.2, 0.25) is 0 Å². The van der Waals surface area contributed by atoms with Crippen LogP contribution in [0.5, 0.6) is 0 Å². The first kappa shape index (κ1) is 10.1. The van der Waals surface area contributed by atoms with Crippen molar-refractivity contribution >= 4 is 0 Å². The molecule has 4 bridgehead atoms. The lowest BCUT2D eigenvalue weighted by molar-refractivity contribution is -0.0682. The average Bonchev–Trinajstić information content (AvgIpc) is 2.15. The number of rotatable bonds is 4. The lowest BCUT2D eigenvalue weighted by atomic mass is 9.49. The molecule has 4 aliphatic rings. The summed E-state index contributed by atoms with van der Waals surface area (Å²) in [5.41, 5.74) is 0.726.